The summed E-state index contributed by atoms with van der Waals surface area (Å²) in [6.45, 7) is 0. The number of nitrogen functional groups attached to an aromatic ring is 1. The quantitative estimate of drug-likeness (QED) is 0.298. The molecule has 5 N–H and O–H groups in total. The number of aromatic amines is 1. The molecular weight excluding hydrogens is 430 g/mol. The van der Waals surface area contributed by atoms with Crippen LogP contribution in [0.2, 0.25) is 0 Å². The van der Waals surface area contributed by atoms with E-state index in [9.17, 15) is 9.59 Å². The van der Waals surface area contributed by atoms with E-state index >= 15 is 0 Å². The van der Waals surface area contributed by atoms with E-state index in [0.717, 1.165) is 11.1 Å². The fourth-order valence-corrected chi connectivity index (χ4v) is 3.34. The molecule has 0 atom stereocenters. The fourth-order valence-electron chi connectivity index (χ4n) is 3.34. The van der Waals surface area contributed by atoms with Gasteiger partial charge in [0, 0.05) is 34.8 Å². The Bertz CT molecular complexity index is 1480. The highest BCUT2D eigenvalue weighted by molar-refractivity contribution is 6.04. The van der Waals surface area contributed by atoms with E-state index < -0.39 is 0 Å². The number of pyridine rings is 2. The molecule has 0 aliphatic rings. The van der Waals surface area contributed by atoms with E-state index in [1.807, 2.05) is 12.1 Å². The first-order valence-electron chi connectivity index (χ1n) is 10.4. The molecule has 3 heterocycles. The largest absolute Gasteiger partial charge is 0.399 e. The minimum atomic E-state index is -0.347. The van der Waals surface area contributed by atoms with Crippen LogP contribution in [0.15, 0.2) is 85.2 Å². The highest BCUT2D eigenvalue weighted by Gasteiger charge is 2.11. The second-order valence-electron chi connectivity index (χ2n) is 7.49. The summed E-state index contributed by atoms with van der Waals surface area (Å²) in [6.07, 6.45) is 3.17. The van der Waals surface area contributed by atoms with Crippen molar-refractivity contribution in [3.05, 3.63) is 96.4 Å². The number of H-pyrrole nitrogens is 1. The fraction of sp³-hybridized carbons (Fsp3) is 0. The Morgan fingerprint density at radius 1 is 0.853 bits per heavy atom. The second kappa shape index (κ2) is 8.83. The first-order valence-corrected chi connectivity index (χ1v) is 10.4. The average molecular weight is 449 g/mol. The molecule has 3 aromatic heterocycles. The summed E-state index contributed by atoms with van der Waals surface area (Å²) in [5, 5.41) is 5.58. The highest BCUT2D eigenvalue weighted by Crippen LogP contribution is 2.23. The first-order chi connectivity index (χ1) is 16.5. The van der Waals surface area contributed by atoms with Crippen molar-refractivity contribution in [3.8, 4) is 11.4 Å². The molecule has 0 spiro atoms. The Balaban J connectivity index is 1.30. The molecule has 0 saturated carbocycles. The number of rotatable bonds is 5. The number of carbonyl (C=O) groups is 2. The van der Waals surface area contributed by atoms with Crippen LogP contribution in [0, 0.1) is 0 Å². The van der Waals surface area contributed by atoms with Crippen molar-refractivity contribution in [2.24, 2.45) is 0 Å². The third-order valence-electron chi connectivity index (χ3n) is 5.10. The van der Waals surface area contributed by atoms with Crippen molar-refractivity contribution >= 4 is 40.0 Å². The van der Waals surface area contributed by atoms with E-state index in [0.29, 0.717) is 39.8 Å². The number of fused-ring (bicyclic) bond motifs is 1. The van der Waals surface area contributed by atoms with Gasteiger partial charge in [-0.15, -0.1) is 0 Å². The summed E-state index contributed by atoms with van der Waals surface area (Å²) in [6, 6.07) is 20.8. The van der Waals surface area contributed by atoms with Crippen molar-refractivity contribution in [2.75, 3.05) is 16.4 Å². The van der Waals surface area contributed by atoms with Gasteiger partial charge in [-0.2, -0.15) is 0 Å². The predicted octanol–water partition coefficient (Wildman–Crippen LogP) is 4.11. The molecule has 0 aliphatic heterocycles. The summed E-state index contributed by atoms with van der Waals surface area (Å²) in [5.41, 5.74) is 9.97. The molecule has 2 amide bonds. The molecule has 2 aromatic carbocycles. The summed E-state index contributed by atoms with van der Waals surface area (Å²) in [5.74, 6) is 0.450. The van der Waals surface area contributed by atoms with Gasteiger partial charge in [-0.25, -0.2) is 9.97 Å². The molecule has 0 aliphatic carbocycles. The van der Waals surface area contributed by atoms with Crippen molar-refractivity contribution in [1.29, 1.82) is 0 Å². The number of anilines is 3. The number of hydrogen-bond donors (Lipinski definition) is 4. The molecule has 0 bridgehead atoms. The minimum Gasteiger partial charge on any atom is -0.399 e. The molecule has 166 valence electrons. The van der Waals surface area contributed by atoms with Crippen molar-refractivity contribution in [3.63, 3.8) is 0 Å². The first kappa shape index (κ1) is 20.8. The lowest BCUT2D eigenvalue weighted by atomic mass is 10.1. The molecule has 34 heavy (non-hydrogen) atoms. The highest BCUT2D eigenvalue weighted by atomic mass is 16.2. The lowest BCUT2D eigenvalue weighted by Gasteiger charge is -2.06. The normalized spacial score (nSPS) is 10.7. The van der Waals surface area contributed by atoms with E-state index in [-0.39, 0.29) is 11.8 Å². The van der Waals surface area contributed by atoms with Gasteiger partial charge in [0.25, 0.3) is 11.8 Å². The van der Waals surface area contributed by atoms with Crippen LogP contribution in [0.4, 0.5) is 17.2 Å². The van der Waals surface area contributed by atoms with Gasteiger partial charge in [0.15, 0.2) is 0 Å². The number of carbonyl (C=O) groups excluding carboxylic acids is 2. The van der Waals surface area contributed by atoms with Gasteiger partial charge in [0.05, 0.1) is 17.2 Å². The van der Waals surface area contributed by atoms with Crippen LogP contribution in [0.1, 0.15) is 20.8 Å². The lowest BCUT2D eigenvalue weighted by Crippen LogP contribution is -2.14. The molecule has 0 unspecified atom stereocenters. The molecule has 0 radical (unpaired) electrons. The lowest BCUT2D eigenvalue weighted by molar-refractivity contribution is 0.101. The van der Waals surface area contributed by atoms with Gasteiger partial charge in [-0.05, 0) is 60.7 Å². The van der Waals surface area contributed by atoms with Gasteiger partial charge < -0.3 is 21.4 Å². The number of amides is 2. The average Bonchev–Trinajstić information content (AvgIpc) is 3.29. The number of hydrogen-bond acceptors (Lipinski definition) is 6. The smallest absolute Gasteiger partial charge is 0.275 e. The number of nitrogens with two attached hydrogens (primary N) is 1. The van der Waals surface area contributed by atoms with Gasteiger partial charge in [0.2, 0.25) is 0 Å². The SMILES string of the molecule is Nc1ccc(C(=O)Nc2ccc(-c3nc4cc(NC(=O)c5ccccn5)ncc4[nH]3)cc2)cc1. The number of aromatic nitrogens is 4. The molecule has 9 heteroatoms. The van der Waals surface area contributed by atoms with Gasteiger partial charge in [0.1, 0.15) is 17.3 Å². The Morgan fingerprint density at radius 3 is 2.38 bits per heavy atom. The molecular formula is C25H19N7O2. The van der Waals surface area contributed by atoms with Crippen molar-refractivity contribution < 1.29 is 9.59 Å². The van der Waals surface area contributed by atoms with Crippen molar-refractivity contribution in [1.82, 2.24) is 19.9 Å². The van der Waals surface area contributed by atoms with E-state index in [1.54, 1.807) is 73.1 Å². The van der Waals surface area contributed by atoms with E-state index in [2.05, 4.69) is 30.6 Å². The standard InChI is InChI=1S/C25H19N7O2/c26-17-8-4-16(5-9-17)24(33)29-18-10-6-15(7-11-18)23-30-20-13-22(28-14-21(20)31-23)32-25(34)19-3-1-2-12-27-19/h1-14H,26H2,(H,29,33)(H,30,31)(H,28,32,34). The third kappa shape index (κ3) is 4.44. The van der Waals surface area contributed by atoms with Crippen molar-refractivity contribution in [2.45, 2.75) is 0 Å². The number of imidazole rings is 1. The summed E-state index contributed by atoms with van der Waals surface area (Å²) >= 11 is 0. The number of nitrogens with zero attached hydrogens (tertiary/aromatic N) is 3. The van der Waals surface area contributed by atoms with Crippen LogP contribution in [-0.2, 0) is 0 Å². The topological polar surface area (TPSA) is 139 Å². The zero-order valence-corrected chi connectivity index (χ0v) is 17.8. The van der Waals surface area contributed by atoms with E-state index in [1.165, 1.54) is 0 Å². The zero-order valence-electron chi connectivity index (χ0n) is 17.8. The monoisotopic (exact) mass is 449 g/mol. The third-order valence-corrected chi connectivity index (χ3v) is 5.10. The predicted molar refractivity (Wildman–Crippen MR) is 130 cm³/mol. The van der Waals surface area contributed by atoms with Crippen LogP contribution in [0.25, 0.3) is 22.4 Å². The maximum absolute atomic E-state index is 12.4. The Morgan fingerprint density at radius 2 is 1.65 bits per heavy atom. The van der Waals surface area contributed by atoms with Crippen LogP contribution in [-0.4, -0.2) is 31.8 Å². The maximum atomic E-state index is 12.4. The molecule has 5 aromatic rings. The maximum Gasteiger partial charge on any atom is 0.275 e. The van der Waals surface area contributed by atoms with Gasteiger partial charge >= 0.3 is 0 Å². The van der Waals surface area contributed by atoms with Crippen LogP contribution >= 0.6 is 0 Å². The Hall–Kier alpha value is -5.05. The molecule has 9 nitrogen and oxygen atoms in total. The minimum absolute atomic E-state index is 0.220. The summed E-state index contributed by atoms with van der Waals surface area (Å²) < 4.78 is 0. The van der Waals surface area contributed by atoms with Crippen LogP contribution < -0.4 is 16.4 Å². The summed E-state index contributed by atoms with van der Waals surface area (Å²) in [7, 11) is 0. The van der Waals surface area contributed by atoms with Gasteiger partial charge in [-0.3, -0.25) is 14.6 Å². The Labute approximate surface area is 194 Å². The summed E-state index contributed by atoms with van der Waals surface area (Å²) in [4.78, 5) is 40.8. The van der Waals surface area contributed by atoms with Crippen LogP contribution in [0.3, 0.4) is 0 Å². The van der Waals surface area contributed by atoms with E-state index in [4.69, 9.17) is 5.73 Å². The Kier molecular flexibility index (Phi) is 5.41. The second-order valence-corrected chi connectivity index (χ2v) is 7.49. The molecule has 0 saturated heterocycles. The number of nitrogens with one attached hydrogen (secondary N) is 3. The molecule has 0 fully saturated rings. The van der Waals surface area contributed by atoms with Gasteiger partial charge in [-0.1, -0.05) is 6.07 Å². The van der Waals surface area contributed by atoms with Crippen LogP contribution in [0.5, 0.6) is 0 Å². The zero-order chi connectivity index (χ0) is 23.5. The number of benzene rings is 2. The molecule has 5 rings (SSSR count).